The number of phenols is 1. The Morgan fingerprint density at radius 2 is 2.05 bits per heavy atom. The van der Waals surface area contributed by atoms with E-state index in [-0.39, 0.29) is 23.3 Å². The number of hydrogen-bond donors (Lipinski definition) is 2. The molecule has 0 heterocycles. The smallest absolute Gasteiger partial charge is 0.259 e. The van der Waals surface area contributed by atoms with Gasteiger partial charge in [-0.1, -0.05) is 28.1 Å². The lowest BCUT2D eigenvalue weighted by Gasteiger charge is -2.10. The van der Waals surface area contributed by atoms with Gasteiger partial charge in [0.05, 0.1) is 18.3 Å². The molecule has 2 aromatic rings. The summed E-state index contributed by atoms with van der Waals surface area (Å²) in [4.78, 5) is 12.2. The third-order valence-electron chi connectivity index (χ3n) is 2.97. The van der Waals surface area contributed by atoms with Gasteiger partial charge in [0.1, 0.15) is 5.75 Å². The second kappa shape index (κ2) is 7.42. The molecule has 5 heteroatoms. The van der Waals surface area contributed by atoms with E-state index in [9.17, 15) is 9.90 Å². The average molecular weight is 364 g/mol. The minimum absolute atomic E-state index is 0.0556. The maximum absolute atomic E-state index is 12.2. The molecule has 0 aromatic heterocycles. The molecule has 1 amide bonds. The molecule has 2 rings (SSSR count). The molecule has 0 spiro atoms. The number of phenolic OH excluding ortho intramolecular Hbond substituents is 1. The number of hydrogen-bond acceptors (Lipinski definition) is 3. The van der Waals surface area contributed by atoms with E-state index < -0.39 is 0 Å². The van der Waals surface area contributed by atoms with Gasteiger partial charge in [-0.05, 0) is 49.7 Å². The van der Waals surface area contributed by atoms with Gasteiger partial charge in [0.25, 0.3) is 5.91 Å². The Morgan fingerprint density at radius 3 is 2.77 bits per heavy atom. The number of aromatic hydroxyl groups is 1. The highest BCUT2D eigenvalue weighted by molar-refractivity contribution is 9.10. The Bertz CT molecular complexity index is 671. The van der Waals surface area contributed by atoms with E-state index in [4.69, 9.17) is 4.74 Å². The third-order valence-corrected chi connectivity index (χ3v) is 3.46. The molecule has 116 valence electrons. The minimum Gasteiger partial charge on any atom is -0.507 e. The molecule has 2 N–H and O–H groups in total. The topological polar surface area (TPSA) is 58.6 Å². The molecule has 22 heavy (non-hydrogen) atoms. The van der Waals surface area contributed by atoms with Gasteiger partial charge < -0.3 is 15.2 Å². The predicted octanol–water partition coefficient (Wildman–Crippen LogP) is 4.33. The van der Waals surface area contributed by atoms with Crippen LogP contribution in [0.2, 0.25) is 0 Å². The second-order valence-electron chi connectivity index (χ2n) is 5.18. The van der Waals surface area contributed by atoms with Crippen molar-refractivity contribution >= 4 is 27.5 Å². The Labute approximate surface area is 138 Å². The van der Waals surface area contributed by atoms with E-state index in [1.165, 1.54) is 6.07 Å². The average Bonchev–Trinajstić information content (AvgIpc) is 2.48. The fourth-order valence-electron chi connectivity index (χ4n) is 1.89. The number of rotatable bonds is 5. The molecule has 0 atom stereocenters. The van der Waals surface area contributed by atoms with Gasteiger partial charge in [-0.15, -0.1) is 0 Å². The molecule has 0 aliphatic carbocycles. The number of halogens is 1. The number of nitrogens with one attached hydrogen (secondary N) is 1. The number of anilines is 1. The van der Waals surface area contributed by atoms with Gasteiger partial charge >= 0.3 is 0 Å². The van der Waals surface area contributed by atoms with Gasteiger partial charge in [0.2, 0.25) is 0 Å². The standard InChI is InChI=1S/C17H18BrNO3/c1-11(2)22-10-12-4-3-5-14(8-12)19-17(21)15-9-13(18)6-7-16(15)20/h3-9,11,20H,10H2,1-2H3,(H,19,21). The van der Waals surface area contributed by atoms with Crippen molar-refractivity contribution in [3.05, 3.63) is 58.1 Å². The van der Waals surface area contributed by atoms with Crippen molar-refractivity contribution in [3.63, 3.8) is 0 Å². The van der Waals surface area contributed by atoms with E-state index in [1.807, 2.05) is 32.0 Å². The summed E-state index contributed by atoms with van der Waals surface area (Å²) in [7, 11) is 0. The van der Waals surface area contributed by atoms with Crippen molar-refractivity contribution in [2.24, 2.45) is 0 Å². The van der Waals surface area contributed by atoms with E-state index in [1.54, 1.807) is 18.2 Å². The van der Waals surface area contributed by atoms with E-state index in [0.717, 1.165) is 10.0 Å². The summed E-state index contributed by atoms with van der Waals surface area (Å²) in [5.41, 5.74) is 1.86. The van der Waals surface area contributed by atoms with Crippen LogP contribution in [0.15, 0.2) is 46.9 Å². The van der Waals surface area contributed by atoms with Crippen LogP contribution in [0.25, 0.3) is 0 Å². The predicted molar refractivity (Wildman–Crippen MR) is 90.1 cm³/mol. The molecule has 0 unspecified atom stereocenters. The van der Waals surface area contributed by atoms with Crippen LogP contribution >= 0.6 is 15.9 Å². The van der Waals surface area contributed by atoms with Crippen LogP contribution in [0.5, 0.6) is 5.75 Å². The molecule has 0 saturated heterocycles. The summed E-state index contributed by atoms with van der Waals surface area (Å²) < 4.78 is 6.28. The van der Waals surface area contributed by atoms with Crippen molar-refractivity contribution in [1.29, 1.82) is 0 Å². The largest absolute Gasteiger partial charge is 0.507 e. The molecule has 0 saturated carbocycles. The van der Waals surface area contributed by atoms with Crippen LogP contribution in [0.1, 0.15) is 29.8 Å². The van der Waals surface area contributed by atoms with Crippen LogP contribution in [-0.4, -0.2) is 17.1 Å². The highest BCUT2D eigenvalue weighted by Crippen LogP contribution is 2.23. The van der Waals surface area contributed by atoms with E-state index >= 15 is 0 Å². The maximum Gasteiger partial charge on any atom is 0.259 e. The zero-order chi connectivity index (χ0) is 16.1. The fraction of sp³-hybridized carbons (Fsp3) is 0.235. The number of carbonyl (C=O) groups excluding carboxylic acids is 1. The Hall–Kier alpha value is -1.85. The SMILES string of the molecule is CC(C)OCc1cccc(NC(=O)c2cc(Br)ccc2O)c1. The number of ether oxygens (including phenoxy) is 1. The van der Waals surface area contributed by atoms with Crippen LogP contribution < -0.4 is 5.32 Å². The normalized spacial score (nSPS) is 10.7. The van der Waals surface area contributed by atoms with E-state index in [2.05, 4.69) is 21.2 Å². The lowest BCUT2D eigenvalue weighted by atomic mass is 10.1. The highest BCUT2D eigenvalue weighted by Gasteiger charge is 2.12. The van der Waals surface area contributed by atoms with Crippen molar-refractivity contribution < 1.29 is 14.6 Å². The summed E-state index contributed by atoms with van der Waals surface area (Å²) >= 11 is 3.29. The van der Waals surface area contributed by atoms with Crippen molar-refractivity contribution in [2.45, 2.75) is 26.6 Å². The quantitative estimate of drug-likeness (QED) is 0.830. The zero-order valence-corrected chi connectivity index (χ0v) is 14.1. The molecule has 0 aliphatic heterocycles. The first-order valence-corrected chi connectivity index (χ1v) is 7.75. The van der Waals surface area contributed by atoms with Crippen molar-refractivity contribution in [3.8, 4) is 5.75 Å². The fourth-order valence-corrected chi connectivity index (χ4v) is 2.25. The van der Waals surface area contributed by atoms with Crippen molar-refractivity contribution in [2.75, 3.05) is 5.32 Å². The van der Waals surface area contributed by atoms with Gasteiger partial charge in [-0.25, -0.2) is 0 Å². The van der Waals surface area contributed by atoms with Crippen LogP contribution in [0.4, 0.5) is 5.69 Å². The Kier molecular flexibility index (Phi) is 5.57. The first-order valence-electron chi connectivity index (χ1n) is 6.96. The summed E-state index contributed by atoms with van der Waals surface area (Å²) in [6.07, 6.45) is 0.150. The molecular weight excluding hydrogens is 346 g/mol. The molecular formula is C17H18BrNO3. The Morgan fingerprint density at radius 1 is 1.27 bits per heavy atom. The van der Waals surface area contributed by atoms with Crippen LogP contribution in [0.3, 0.4) is 0 Å². The number of carbonyl (C=O) groups is 1. The number of amides is 1. The Balaban J connectivity index is 2.11. The van der Waals surface area contributed by atoms with Gasteiger partial charge in [-0.3, -0.25) is 4.79 Å². The molecule has 2 aromatic carbocycles. The maximum atomic E-state index is 12.2. The molecule has 0 bridgehead atoms. The third kappa shape index (κ3) is 4.58. The zero-order valence-electron chi connectivity index (χ0n) is 12.5. The van der Waals surface area contributed by atoms with Crippen LogP contribution in [-0.2, 0) is 11.3 Å². The first kappa shape index (κ1) is 16.5. The lowest BCUT2D eigenvalue weighted by Crippen LogP contribution is -2.12. The van der Waals surface area contributed by atoms with Crippen molar-refractivity contribution in [1.82, 2.24) is 0 Å². The second-order valence-corrected chi connectivity index (χ2v) is 6.09. The summed E-state index contributed by atoms with van der Waals surface area (Å²) in [6, 6.07) is 12.2. The monoisotopic (exact) mass is 363 g/mol. The van der Waals surface area contributed by atoms with Gasteiger partial charge in [0.15, 0.2) is 0 Å². The number of benzene rings is 2. The molecule has 4 nitrogen and oxygen atoms in total. The first-order chi connectivity index (χ1) is 10.5. The summed E-state index contributed by atoms with van der Waals surface area (Å²) in [6.45, 7) is 4.44. The van der Waals surface area contributed by atoms with E-state index in [0.29, 0.717) is 12.3 Å². The van der Waals surface area contributed by atoms with Crippen LogP contribution in [0, 0.1) is 0 Å². The highest BCUT2D eigenvalue weighted by atomic mass is 79.9. The molecule has 0 radical (unpaired) electrons. The summed E-state index contributed by atoms with van der Waals surface area (Å²) in [5, 5.41) is 12.6. The molecule has 0 fully saturated rings. The lowest BCUT2D eigenvalue weighted by molar-refractivity contribution is 0.0657. The molecule has 0 aliphatic rings. The minimum atomic E-state index is -0.360. The van der Waals surface area contributed by atoms with Gasteiger partial charge in [-0.2, -0.15) is 0 Å². The van der Waals surface area contributed by atoms with Gasteiger partial charge in [0, 0.05) is 10.2 Å². The summed E-state index contributed by atoms with van der Waals surface area (Å²) in [5.74, 6) is -0.416.